The van der Waals surface area contributed by atoms with Crippen molar-refractivity contribution in [1.82, 2.24) is 5.32 Å². The van der Waals surface area contributed by atoms with Gasteiger partial charge in [-0.05, 0) is 0 Å². The summed E-state index contributed by atoms with van der Waals surface area (Å²) in [5.41, 5.74) is 0. The van der Waals surface area contributed by atoms with Crippen LogP contribution in [0.4, 0.5) is 8.78 Å². The van der Waals surface area contributed by atoms with Crippen LogP contribution in [0.1, 0.15) is 0 Å². The average molecular weight is 209 g/mol. The van der Waals surface area contributed by atoms with Crippen LogP contribution in [-0.4, -0.2) is 43.3 Å². The van der Waals surface area contributed by atoms with Crippen molar-refractivity contribution in [1.29, 1.82) is 0 Å². The van der Waals surface area contributed by atoms with Crippen molar-refractivity contribution in [3.05, 3.63) is 12.7 Å². The lowest BCUT2D eigenvalue weighted by Crippen LogP contribution is -2.40. The van der Waals surface area contributed by atoms with Gasteiger partial charge in [0.2, 0.25) is 0 Å². The number of carbonyl (C=O) groups is 1. The van der Waals surface area contributed by atoms with Crippen LogP contribution in [-0.2, 0) is 9.53 Å². The maximum Gasteiger partial charge on any atom is 0.375 e. The first-order chi connectivity index (χ1) is 6.50. The van der Waals surface area contributed by atoms with Crippen molar-refractivity contribution in [2.24, 2.45) is 0 Å². The lowest BCUT2D eigenvalue weighted by Gasteiger charge is -2.11. The van der Waals surface area contributed by atoms with Crippen LogP contribution in [0, 0.1) is 0 Å². The molecule has 0 aromatic rings. The molecule has 0 amide bonds. The monoisotopic (exact) mass is 209 g/mol. The first-order valence-electron chi connectivity index (χ1n) is 4.01. The number of ether oxygens (including phenoxy) is 1. The van der Waals surface area contributed by atoms with E-state index in [0.29, 0.717) is 6.61 Å². The van der Waals surface area contributed by atoms with Gasteiger partial charge in [-0.2, -0.15) is 8.78 Å². The van der Waals surface area contributed by atoms with E-state index in [1.807, 2.05) is 0 Å². The Kier molecular flexibility index (Phi) is 5.98. The smallest absolute Gasteiger partial charge is 0.375 e. The molecular formula is C8H13F2NO3. The normalized spacial score (nSPS) is 11.3. The number of halogens is 2. The molecule has 4 nitrogen and oxygen atoms in total. The van der Waals surface area contributed by atoms with E-state index in [-0.39, 0.29) is 13.2 Å². The molecule has 0 radical (unpaired) electrons. The SMILES string of the molecule is C=CCOCCNCC(F)(F)C(=O)O. The fourth-order valence-electron chi connectivity index (χ4n) is 0.632. The number of carboxylic acids is 1. The predicted octanol–water partition coefficient (Wildman–Crippen LogP) is 0.499. The number of rotatable bonds is 8. The molecule has 0 bridgehead atoms. The Morgan fingerprint density at radius 1 is 1.64 bits per heavy atom. The molecule has 0 rings (SSSR count). The first-order valence-corrected chi connectivity index (χ1v) is 4.01. The predicted molar refractivity (Wildman–Crippen MR) is 46.5 cm³/mol. The van der Waals surface area contributed by atoms with Crippen LogP contribution in [0.25, 0.3) is 0 Å². The Balaban J connectivity index is 3.44. The van der Waals surface area contributed by atoms with E-state index in [4.69, 9.17) is 9.84 Å². The molecule has 0 aliphatic heterocycles. The molecule has 0 fully saturated rings. The van der Waals surface area contributed by atoms with E-state index in [1.54, 1.807) is 0 Å². The zero-order valence-corrected chi connectivity index (χ0v) is 7.63. The maximum absolute atomic E-state index is 12.4. The highest BCUT2D eigenvalue weighted by Crippen LogP contribution is 2.10. The number of hydrogen-bond donors (Lipinski definition) is 2. The fourth-order valence-corrected chi connectivity index (χ4v) is 0.632. The van der Waals surface area contributed by atoms with E-state index in [2.05, 4.69) is 11.9 Å². The van der Waals surface area contributed by atoms with Gasteiger partial charge < -0.3 is 15.2 Å². The van der Waals surface area contributed by atoms with Gasteiger partial charge in [0, 0.05) is 6.54 Å². The summed E-state index contributed by atoms with van der Waals surface area (Å²) in [4.78, 5) is 9.95. The third-order valence-electron chi connectivity index (χ3n) is 1.32. The first kappa shape index (κ1) is 13.0. The molecule has 6 heteroatoms. The number of carboxylic acid groups (broad SMARTS) is 1. The Labute approximate surface area is 80.6 Å². The minimum absolute atomic E-state index is 0.177. The summed E-state index contributed by atoms with van der Waals surface area (Å²) in [5.74, 6) is -5.85. The molecule has 0 unspecified atom stereocenters. The summed E-state index contributed by atoms with van der Waals surface area (Å²) in [6.07, 6.45) is 1.53. The second kappa shape index (κ2) is 6.44. The molecule has 2 N–H and O–H groups in total. The molecular weight excluding hydrogens is 196 g/mol. The number of hydrogen-bond acceptors (Lipinski definition) is 3. The van der Waals surface area contributed by atoms with Gasteiger partial charge in [0.1, 0.15) is 0 Å². The van der Waals surface area contributed by atoms with Crippen molar-refractivity contribution in [2.75, 3.05) is 26.3 Å². The fraction of sp³-hybridized carbons (Fsp3) is 0.625. The van der Waals surface area contributed by atoms with Crippen molar-refractivity contribution in [3.8, 4) is 0 Å². The number of nitrogens with one attached hydrogen (secondary N) is 1. The molecule has 82 valence electrons. The van der Waals surface area contributed by atoms with Gasteiger partial charge in [0.25, 0.3) is 0 Å². The van der Waals surface area contributed by atoms with Gasteiger partial charge in [-0.15, -0.1) is 6.58 Å². The molecule has 0 atom stereocenters. The topological polar surface area (TPSA) is 58.6 Å². The van der Waals surface area contributed by atoms with Crippen LogP contribution in [0.3, 0.4) is 0 Å². The minimum atomic E-state index is -3.72. The van der Waals surface area contributed by atoms with Crippen LogP contribution in [0.15, 0.2) is 12.7 Å². The number of alkyl halides is 2. The van der Waals surface area contributed by atoms with Crippen molar-refractivity contribution < 1.29 is 23.4 Å². The molecule has 14 heavy (non-hydrogen) atoms. The Bertz CT molecular complexity index is 197. The highest BCUT2D eigenvalue weighted by Gasteiger charge is 2.37. The van der Waals surface area contributed by atoms with Crippen LogP contribution in [0.5, 0.6) is 0 Å². The van der Waals surface area contributed by atoms with Gasteiger partial charge in [0.05, 0.1) is 19.8 Å². The van der Waals surface area contributed by atoms with Crippen molar-refractivity contribution in [2.45, 2.75) is 5.92 Å². The largest absolute Gasteiger partial charge is 0.477 e. The molecule has 0 aliphatic carbocycles. The summed E-state index contributed by atoms with van der Waals surface area (Å²) in [6.45, 7) is 3.27. The highest BCUT2D eigenvalue weighted by molar-refractivity contribution is 5.75. The Morgan fingerprint density at radius 2 is 2.29 bits per heavy atom. The maximum atomic E-state index is 12.4. The summed E-state index contributed by atoms with van der Waals surface area (Å²) in [5, 5.41) is 10.3. The van der Waals surface area contributed by atoms with Gasteiger partial charge in [-0.25, -0.2) is 4.79 Å². The Morgan fingerprint density at radius 3 is 2.79 bits per heavy atom. The van der Waals surface area contributed by atoms with E-state index in [1.165, 1.54) is 6.08 Å². The Hall–Kier alpha value is -1.01. The summed E-state index contributed by atoms with van der Waals surface area (Å²) in [7, 11) is 0. The molecule has 0 spiro atoms. The molecule has 0 saturated carbocycles. The zero-order chi connectivity index (χ0) is 11.0. The lowest BCUT2D eigenvalue weighted by atomic mass is 10.3. The minimum Gasteiger partial charge on any atom is -0.477 e. The third kappa shape index (κ3) is 5.60. The van der Waals surface area contributed by atoms with Crippen molar-refractivity contribution in [3.63, 3.8) is 0 Å². The van der Waals surface area contributed by atoms with Gasteiger partial charge >= 0.3 is 11.9 Å². The molecule has 0 heterocycles. The van der Waals surface area contributed by atoms with Crippen LogP contribution in [0.2, 0.25) is 0 Å². The quantitative estimate of drug-likeness (QED) is 0.451. The summed E-state index contributed by atoms with van der Waals surface area (Å²) >= 11 is 0. The molecule has 0 aromatic heterocycles. The molecule has 0 aliphatic rings. The summed E-state index contributed by atoms with van der Waals surface area (Å²) in [6, 6.07) is 0. The van der Waals surface area contributed by atoms with Crippen LogP contribution >= 0.6 is 0 Å². The molecule has 0 aromatic carbocycles. The number of aliphatic carboxylic acids is 1. The second-order valence-electron chi connectivity index (χ2n) is 2.55. The van der Waals surface area contributed by atoms with E-state index < -0.39 is 18.4 Å². The standard InChI is InChI=1S/C8H13F2NO3/c1-2-4-14-5-3-11-6-8(9,10)7(12)13/h2,11H,1,3-6H2,(H,12,13). The van der Waals surface area contributed by atoms with Gasteiger partial charge in [-0.1, -0.05) is 6.08 Å². The van der Waals surface area contributed by atoms with Crippen LogP contribution < -0.4 is 5.32 Å². The van der Waals surface area contributed by atoms with Gasteiger partial charge in [0.15, 0.2) is 0 Å². The third-order valence-corrected chi connectivity index (χ3v) is 1.32. The van der Waals surface area contributed by atoms with E-state index >= 15 is 0 Å². The summed E-state index contributed by atoms with van der Waals surface area (Å²) < 4.78 is 29.7. The second-order valence-corrected chi connectivity index (χ2v) is 2.55. The zero-order valence-electron chi connectivity index (χ0n) is 7.63. The van der Waals surface area contributed by atoms with Gasteiger partial charge in [-0.3, -0.25) is 0 Å². The molecule has 0 saturated heterocycles. The average Bonchev–Trinajstić information content (AvgIpc) is 2.10. The van der Waals surface area contributed by atoms with E-state index in [9.17, 15) is 13.6 Å². The lowest BCUT2D eigenvalue weighted by molar-refractivity contribution is -0.164. The van der Waals surface area contributed by atoms with E-state index in [0.717, 1.165) is 0 Å². The van der Waals surface area contributed by atoms with Crippen molar-refractivity contribution >= 4 is 5.97 Å². The highest BCUT2D eigenvalue weighted by atomic mass is 19.3.